The van der Waals surface area contributed by atoms with E-state index in [2.05, 4.69) is 15.0 Å². The molecule has 6 atom stereocenters. The van der Waals surface area contributed by atoms with Gasteiger partial charge in [0.2, 0.25) is 5.95 Å². The summed E-state index contributed by atoms with van der Waals surface area (Å²) in [4.78, 5) is 34.9. The first-order valence-corrected chi connectivity index (χ1v) is 14.0. The molecule has 3 heterocycles. The fraction of sp³-hybridized carbons (Fsp3) is 0.500. The fourth-order valence-electron chi connectivity index (χ4n) is 4.07. The van der Waals surface area contributed by atoms with Crippen molar-refractivity contribution in [2.45, 2.75) is 50.8 Å². The maximum atomic E-state index is 14.5. The summed E-state index contributed by atoms with van der Waals surface area (Å²) >= 11 is 0. The number of benzene rings is 1. The third kappa shape index (κ3) is 6.03. The Hall–Kier alpha value is -3.36. The molecule has 0 saturated carbocycles. The number of nitrogens with two attached hydrogens (primary N) is 2. The minimum Gasteiger partial charge on any atom is -0.463 e. The van der Waals surface area contributed by atoms with Gasteiger partial charge in [0.05, 0.1) is 33.8 Å². The normalized spacial score (nSPS) is 26.2. The highest BCUT2D eigenvalue weighted by Crippen LogP contribution is 2.51. The number of carbonyl (C=O) groups is 1. The lowest BCUT2D eigenvalue weighted by atomic mass is 9.92. The molecule has 0 amide bonds. The van der Waals surface area contributed by atoms with Crippen LogP contribution in [-0.4, -0.2) is 73.8 Å². The Labute approximate surface area is 231 Å². The molecule has 1 fully saturated rings. The number of rotatable bonds is 11. The third-order valence-electron chi connectivity index (χ3n) is 6.05. The molecular weight excluding hydrogens is 550 g/mol. The highest BCUT2D eigenvalue weighted by atomic mass is 31.2. The number of nitrogens with one attached hydrogen (secondary N) is 1. The summed E-state index contributed by atoms with van der Waals surface area (Å²) in [6.45, 7) is 0.0886. The second kappa shape index (κ2) is 11.6. The Balaban J connectivity index is 1.68. The summed E-state index contributed by atoms with van der Waals surface area (Å²) in [5, 5.41) is 11.1. The summed E-state index contributed by atoms with van der Waals surface area (Å²) in [7, 11) is -4.57. The predicted octanol–water partition coefficient (Wildman–Crippen LogP) is 1.50. The Morgan fingerprint density at radius 2 is 2.08 bits per heavy atom. The van der Waals surface area contributed by atoms with Crippen LogP contribution >= 0.6 is 7.60 Å². The Morgan fingerprint density at radius 3 is 2.73 bits per heavy atom. The first-order chi connectivity index (χ1) is 19.6. The van der Waals surface area contributed by atoms with Crippen molar-refractivity contribution in [2.75, 3.05) is 25.1 Å². The van der Waals surface area contributed by atoms with Crippen molar-refractivity contribution >= 4 is 30.7 Å². The number of aromatic amines is 1. The van der Waals surface area contributed by atoms with Crippen molar-refractivity contribution < 1.29 is 40.1 Å². The monoisotopic (exact) mass is 584 g/mol. The first kappa shape index (κ1) is 26.8. The van der Waals surface area contributed by atoms with Gasteiger partial charge < -0.3 is 30.6 Å². The van der Waals surface area contributed by atoms with E-state index in [-0.39, 0.29) is 22.9 Å². The van der Waals surface area contributed by atoms with Crippen LogP contribution in [0.4, 0.5) is 10.3 Å². The van der Waals surface area contributed by atoms with Gasteiger partial charge in [-0.15, -0.1) is 0 Å². The standard InChI is InChI=1S/C24H32FN6O8P/c1-13(2)37-21(34)14(3)10-40(35,39-15-7-5-4-6-8-15)36-9-16-18(32)24(27,11-25)22(38-16)31-12-28-17-19(31)29-23(26)30-20(17)33/h4-8,12-14,16,18,22,32H,9-11,27H2,1-3H3,(H3,26,29,30,33)/t14-,16-,18+,22-,24?,40?/m1/s1/i9D2. The summed E-state index contributed by atoms with van der Waals surface area (Å²) in [6, 6.07) is 7.70. The molecule has 0 radical (unpaired) electrons. The van der Waals surface area contributed by atoms with Gasteiger partial charge in [0.25, 0.3) is 5.56 Å². The van der Waals surface area contributed by atoms with Gasteiger partial charge in [-0.3, -0.25) is 23.7 Å². The summed E-state index contributed by atoms with van der Waals surface area (Å²) < 4.78 is 68.7. The molecule has 1 aliphatic rings. The van der Waals surface area contributed by atoms with Crippen LogP contribution in [0.25, 0.3) is 11.2 Å². The highest BCUT2D eigenvalue weighted by Gasteiger charge is 2.56. The maximum absolute atomic E-state index is 14.5. The van der Waals surface area contributed by atoms with Gasteiger partial charge in [0, 0.05) is 0 Å². The zero-order valence-corrected chi connectivity index (χ0v) is 22.8. The van der Waals surface area contributed by atoms with Crippen LogP contribution < -0.4 is 21.6 Å². The minimum absolute atomic E-state index is 0.0440. The Kier molecular flexibility index (Phi) is 7.80. The molecule has 1 aliphatic heterocycles. The molecule has 14 nitrogen and oxygen atoms in total. The molecule has 16 heteroatoms. The van der Waals surface area contributed by atoms with Crippen LogP contribution in [0, 0.1) is 5.92 Å². The number of ether oxygens (including phenoxy) is 2. The van der Waals surface area contributed by atoms with Crippen LogP contribution in [0.1, 0.15) is 29.7 Å². The zero-order valence-electron chi connectivity index (χ0n) is 23.9. The third-order valence-corrected chi connectivity index (χ3v) is 7.92. The van der Waals surface area contributed by atoms with Gasteiger partial charge in [-0.2, -0.15) is 4.98 Å². The number of fused-ring (bicyclic) bond motifs is 1. The first-order valence-electron chi connectivity index (χ1n) is 13.3. The number of nitrogens with zero attached hydrogens (tertiary/aromatic N) is 3. The Morgan fingerprint density at radius 1 is 1.38 bits per heavy atom. The number of esters is 1. The number of H-pyrrole nitrogens is 1. The van der Waals surface area contributed by atoms with E-state index in [1.165, 1.54) is 19.1 Å². The highest BCUT2D eigenvalue weighted by molar-refractivity contribution is 7.54. The molecular formula is C24H32FN6O8P. The van der Waals surface area contributed by atoms with E-state index in [0.717, 1.165) is 10.9 Å². The van der Waals surface area contributed by atoms with Crippen molar-refractivity contribution in [3.05, 3.63) is 47.0 Å². The van der Waals surface area contributed by atoms with E-state index in [0.29, 0.717) is 0 Å². The zero-order chi connectivity index (χ0) is 31.0. The summed E-state index contributed by atoms with van der Waals surface area (Å²) in [5.74, 6) is -2.04. The van der Waals surface area contributed by atoms with E-state index >= 15 is 0 Å². The van der Waals surface area contributed by atoms with E-state index in [9.17, 15) is 23.7 Å². The van der Waals surface area contributed by atoms with Crippen LogP contribution in [0.3, 0.4) is 0 Å². The lowest BCUT2D eigenvalue weighted by Gasteiger charge is -2.30. The van der Waals surface area contributed by atoms with E-state index < -0.39 is 74.5 Å². The molecule has 40 heavy (non-hydrogen) atoms. The number of alkyl halides is 1. The molecule has 1 aromatic carbocycles. The number of aliphatic hydroxyl groups excluding tert-OH is 1. The topological polar surface area (TPSA) is 207 Å². The lowest BCUT2D eigenvalue weighted by molar-refractivity contribution is -0.151. The van der Waals surface area contributed by atoms with Crippen molar-refractivity contribution in [2.24, 2.45) is 11.7 Å². The molecule has 2 unspecified atom stereocenters. The number of halogens is 1. The van der Waals surface area contributed by atoms with Gasteiger partial charge in [0.1, 0.15) is 30.2 Å². The molecule has 0 spiro atoms. The average molecular weight is 585 g/mol. The SMILES string of the molecule is [2H]C([2H])(OP(=O)(C[C@@H](C)C(=O)OC(C)C)Oc1ccccc1)[C@H]1O[C@@H](n2cnc3c(=O)[nH]c(N)nc32)C(N)(CF)[C@H]1O. The number of imidazole rings is 1. The predicted molar refractivity (Wildman–Crippen MR) is 141 cm³/mol. The second-order valence-corrected chi connectivity index (χ2v) is 11.6. The van der Waals surface area contributed by atoms with E-state index in [1.54, 1.807) is 32.0 Å². The fourth-order valence-corrected chi connectivity index (χ4v) is 5.78. The molecule has 0 bridgehead atoms. The van der Waals surface area contributed by atoms with Gasteiger partial charge in [0.15, 0.2) is 17.4 Å². The van der Waals surface area contributed by atoms with Crippen molar-refractivity contribution in [3.8, 4) is 5.75 Å². The number of nitrogen functional groups attached to an aromatic ring is 1. The van der Waals surface area contributed by atoms with Gasteiger partial charge in [-0.1, -0.05) is 25.1 Å². The molecule has 3 aromatic rings. The van der Waals surface area contributed by atoms with Crippen molar-refractivity contribution in [1.82, 2.24) is 19.5 Å². The largest absolute Gasteiger partial charge is 0.463 e. The molecule has 2 aromatic heterocycles. The molecule has 218 valence electrons. The Bertz CT molecular complexity index is 1540. The van der Waals surface area contributed by atoms with Crippen molar-refractivity contribution in [1.29, 1.82) is 0 Å². The summed E-state index contributed by atoms with van der Waals surface area (Å²) in [5.41, 5.74) is 8.46. The lowest BCUT2D eigenvalue weighted by Crippen LogP contribution is -2.56. The van der Waals surface area contributed by atoms with E-state index in [1.807, 2.05) is 0 Å². The van der Waals surface area contributed by atoms with Gasteiger partial charge >= 0.3 is 13.6 Å². The van der Waals surface area contributed by atoms with Gasteiger partial charge in [-0.05, 0) is 26.0 Å². The number of anilines is 1. The van der Waals surface area contributed by atoms with Crippen LogP contribution in [0.2, 0.25) is 0 Å². The van der Waals surface area contributed by atoms with E-state index in [4.69, 9.17) is 32.7 Å². The van der Waals surface area contributed by atoms with Crippen molar-refractivity contribution in [3.63, 3.8) is 0 Å². The van der Waals surface area contributed by atoms with Crippen LogP contribution in [0.15, 0.2) is 41.5 Å². The smallest absolute Gasteiger partial charge is 0.380 e. The molecule has 6 N–H and O–H groups in total. The second-order valence-electron chi connectivity index (χ2n) is 9.67. The van der Waals surface area contributed by atoms with Gasteiger partial charge in [-0.25, -0.2) is 13.9 Å². The van der Waals surface area contributed by atoms with Crippen LogP contribution in [-0.2, 0) is 23.4 Å². The average Bonchev–Trinajstić information content (AvgIpc) is 3.42. The minimum atomic E-state index is -4.57. The molecule has 4 rings (SSSR count). The molecule has 1 saturated heterocycles. The van der Waals surface area contributed by atoms with Crippen LogP contribution in [0.5, 0.6) is 5.75 Å². The number of carbonyl (C=O) groups excluding carboxylic acids is 1. The quantitative estimate of drug-likeness (QED) is 0.187. The number of aliphatic hydroxyl groups is 1. The number of hydrogen-bond acceptors (Lipinski definition) is 12. The maximum Gasteiger partial charge on any atom is 0.380 e. The summed E-state index contributed by atoms with van der Waals surface area (Å²) in [6.07, 6.45) is -5.86. The molecule has 0 aliphatic carbocycles. The number of hydrogen-bond donors (Lipinski definition) is 4. The number of para-hydroxylation sites is 1. The number of aromatic nitrogens is 4.